The van der Waals surface area contributed by atoms with Crippen molar-refractivity contribution in [3.05, 3.63) is 24.3 Å². The van der Waals surface area contributed by atoms with Crippen LogP contribution in [-0.2, 0) is 0 Å². The van der Waals surface area contributed by atoms with E-state index in [0.717, 1.165) is 30.9 Å². The van der Waals surface area contributed by atoms with Crippen LogP contribution in [0.2, 0.25) is 0 Å². The minimum Gasteiger partial charge on any atom is -0.497 e. The fourth-order valence-corrected chi connectivity index (χ4v) is 2.57. The quantitative estimate of drug-likeness (QED) is 0.870. The zero-order valence-corrected chi connectivity index (χ0v) is 11.3. The van der Waals surface area contributed by atoms with Crippen LogP contribution >= 0.6 is 0 Å². The highest BCUT2D eigenvalue weighted by Gasteiger charge is 2.22. The summed E-state index contributed by atoms with van der Waals surface area (Å²) >= 11 is 0. The molecule has 0 aromatic heterocycles. The van der Waals surface area contributed by atoms with Gasteiger partial charge in [0.05, 0.1) is 7.11 Å². The molecule has 2 atom stereocenters. The first-order valence-electron chi connectivity index (χ1n) is 6.86. The van der Waals surface area contributed by atoms with Crippen LogP contribution in [0.1, 0.15) is 32.6 Å². The van der Waals surface area contributed by atoms with Gasteiger partial charge in [0, 0.05) is 6.04 Å². The van der Waals surface area contributed by atoms with Gasteiger partial charge >= 0.3 is 0 Å². The van der Waals surface area contributed by atoms with E-state index in [-0.39, 0.29) is 0 Å². The topological polar surface area (TPSA) is 30.5 Å². The predicted octanol–water partition coefficient (Wildman–Crippen LogP) is 2.99. The molecule has 0 heterocycles. The van der Waals surface area contributed by atoms with Gasteiger partial charge in [-0.3, -0.25) is 0 Å². The molecule has 1 aromatic rings. The Morgan fingerprint density at radius 3 is 2.56 bits per heavy atom. The molecule has 1 aliphatic carbocycles. The van der Waals surface area contributed by atoms with Crippen molar-refractivity contribution in [2.24, 2.45) is 0 Å². The van der Waals surface area contributed by atoms with Crippen molar-refractivity contribution >= 4 is 0 Å². The molecule has 1 fully saturated rings. The normalized spacial score (nSPS) is 23.7. The SMILES string of the molecule is CCNC1CCCC(Oc2ccc(OC)cc2)C1. The Labute approximate surface area is 109 Å². The van der Waals surface area contributed by atoms with Crippen molar-refractivity contribution in [1.29, 1.82) is 0 Å². The summed E-state index contributed by atoms with van der Waals surface area (Å²) in [4.78, 5) is 0. The highest BCUT2D eigenvalue weighted by molar-refractivity contribution is 5.31. The standard InChI is InChI=1S/C15H23NO2/c1-3-16-12-5-4-6-15(11-12)18-14-9-7-13(17-2)8-10-14/h7-10,12,15-16H,3-6,11H2,1-2H3. The van der Waals surface area contributed by atoms with Crippen molar-refractivity contribution in [3.8, 4) is 11.5 Å². The first-order valence-corrected chi connectivity index (χ1v) is 6.86. The second kappa shape index (κ2) is 6.64. The molecular formula is C15H23NO2. The zero-order valence-electron chi connectivity index (χ0n) is 11.3. The maximum atomic E-state index is 6.04. The van der Waals surface area contributed by atoms with Gasteiger partial charge in [0.15, 0.2) is 0 Å². The molecule has 0 bridgehead atoms. The van der Waals surface area contributed by atoms with Crippen LogP contribution in [0.5, 0.6) is 11.5 Å². The van der Waals surface area contributed by atoms with E-state index in [1.807, 2.05) is 24.3 Å². The Bertz CT molecular complexity index is 348. The van der Waals surface area contributed by atoms with Crippen LogP contribution < -0.4 is 14.8 Å². The lowest BCUT2D eigenvalue weighted by molar-refractivity contribution is 0.135. The maximum Gasteiger partial charge on any atom is 0.119 e. The number of rotatable bonds is 5. The number of ether oxygens (including phenoxy) is 2. The third-order valence-electron chi connectivity index (χ3n) is 3.48. The fraction of sp³-hybridized carbons (Fsp3) is 0.600. The van der Waals surface area contributed by atoms with Crippen molar-refractivity contribution in [1.82, 2.24) is 5.32 Å². The highest BCUT2D eigenvalue weighted by Crippen LogP contribution is 2.25. The molecule has 0 radical (unpaired) electrons. The van der Waals surface area contributed by atoms with E-state index < -0.39 is 0 Å². The van der Waals surface area contributed by atoms with Crippen molar-refractivity contribution in [2.45, 2.75) is 44.8 Å². The molecule has 18 heavy (non-hydrogen) atoms. The van der Waals surface area contributed by atoms with Gasteiger partial charge in [0.25, 0.3) is 0 Å². The third-order valence-corrected chi connectivity index (χ3v) is 3.48. The van der Waals surface area contributed by atoms with E-state index in [0.29, 0.717) is 12.1 Å². The summed E-state index contributed by atoms with van der Waals surface area (Å²) in [5, 5.41) is 3.52. The van der Waals surface area contributed by atoms with Crippen LogP contribution in [-0.4, -0.2) is 25.8 Å². The van der Waals surface area contributed by atoms with Crippen LogP contribution in [0.4, 0.5) is 0 Å². The predicted molar refractivity (Wildman–Crippen MR) is 73.3 cm³/mol. The summed E-state index contributed by atoms with van der Waals surface area (Å²) in [6.07, 6.45) is 5.14. The fourth-order valence-electron chi connectivity index (χ4n) is 2.57. The van der Waals surface area contributed by atoms with Gasteiger partial charge in [-0.1, -0.05) is 6.92 Å². The largest absolute Gasteiger partial charge is 0.497 e. The Kier molecular flexibility index (Phi) is 4.88. The van der Waals surface area contributed by atoms with E-state index >= 15 is 0 Å². The van der Waals surface area contributed by atoms with Gasteiger partial charge in [-0.15, -0.1) is 0 Å². The van der Waals surface area contributed by atoms with Crippen molar-refractivity contribution < 1.29 is 9.47 Å². The molecule has 0 aliphatic heterocycles. The Balaban J connectivity index is 1.87. The smallest absolute Gasteiger partial charge is 0.119 e. The molecule has 1 aliphatic rings. The number of hydrogen-bond acceptors (Lipinski definition) is 3. The number of benzene rings is 1. The lowest BCUT2D eigenvalue weighted by Crippen LogP contribution is -2.37. The second-order valence-corrected chi connectivity index (χ2v) is 4.84. The minimum atomic E-state index is 0.344. The molecule has 0 saturated heterocycles. The Morgan fingerprint density at radius 2 is 1.89 bits per heavy atom. The van der Waals surface area contributed by atoms with E-state index in [9.17, 15) is 0 Å². The summed E-state index contributed by atoms with van der Waals surface area (Å²) in [6.45, 7) is 3.20. The number of methoxy groups -OCH3 is 1. The summed E-state index contributed by atoms with van der Waals surface area (Å²) in [6, 6.07) is 8.47. The molecule has 2 unspecified atom stereocenters. The molecule has 100 valence electrons. The molecule has 1 saturated carbocycles. The van der Waals surface area contributed by atoms with Crippen LogP contribution in [0, 0.1) is 0 Å². The maximum absolute atomic E-state index is 6.04. The van der Waals surface area contributed by atoms with Gasteiger partial charge < -0.3 is 14.8 Å². The van der Waals surface area contributed by atoms with Crippen LogP contribution in [0.15, 0.2) is 24.3 Å². The Hall–Kier alpha value is -1.22. The first-order chi connectivity index (χ1) is 8.81. The van der Waals surface area contributed by atoms with Crippen molar-refractivity contribution in [3.63, 3.8) is 0 Å². The van der Waals surface area contributed by atoms with Crippen LogP contribution in [0.3, 0.4) is 0 Å². The lowest BCUT2D eigenvalue weighted by atomic mass is 9.93. The monoisotopic (exact) mass is 249 g/mol. The van der Waals surface area contributed by atoms with E-state index in [1.165, 1.54) is 12.8 Å². The molecule has 1 aromatic carbocycles. The molecule has 1 N–H and O–H groups in total. The molecule has 3 nitrogen and oxygen atoms in total. The molecule has 0 spiro atoms. The molecular weight excluding hydrogens is 226 g/mol. The molecule has 0 amide bonds. The minimum absolute atomic E-state index is 0.344. The third kappa shape index (κ3) is 3.64. The summed E-state index contributed by atoms with van der Waals surface area (Å²) in [7, 11) is 1.68. The summed E-state index contributed by atoms with van der Waals surface area (Å²) in [5.74, 6) is 1.81. The van der Waals surface area contributed by atoms with Gasteiger partial charge in [-0.25, -0.2) is 0 Å². The van der Waals surface area contributed by atoms with E-state index in [4.69, 9.17) is 9.47 Å². The van der Waals surface area contributed by atoms with Gasteiger partial charge in [0.2, 0.25) is 0 Å². The zero-order chi connectivity index (χ0) is 12.8. The summed E-state index contributed by atoms with van der Waals surface area (Å²) in [5.41, 5.74) is 0. The van der Waals surface area contributed by atoms with Crippen LogP contribution in [0.25, 0.3) is 0 Å². The number of hydrogen-bond donors (Lipinski definition) is 1. The van der Waals surface area contributed by atoms with Crippen molar-refractivity contribution in [2.75, 3.05) is 13.7 Å². The number of nitrogens with one attached hydrogen (secondary N) is 1. The van der Waals surface area contributed by atoms with E-state index in [1.54, 1.807) is 7.11 Å². The average molecular weight is 249 g/mol. The van der Waals surface area contributed by atoms with Gasteiger partial charge in [-0.2, -0.15) is 0 Å². The summed E-state index contributed by atoms with van der Waals surface area (Å²) < 4.78 is 11.2. The first kappa shape index (κ1) is 13.2. The highest BCUT2D eigenvalue weighted by atomic mass is 16.5. The lowest BCUT2D eigenvalue weighted by Gasteiger charge is -2.30. The van der Waals surface area contributed by atoms with Gasteiger partial charge in [-0.05, 0) is 56.5 Å². The molecule has 3 heteroatoms. The molecule has 2 rings (SSSR count). The van der Waals surface area contributed by atoms with E-state index in [2.05, 4.69) is 12.2 Å². The van der Waals surface area contributed by atoms with Gasteiger partial charge in [0.1, 0.15) is 17.6 Å². The average Bonchev–Trinajstić information content (AvgIpc) is 2.40. The second-order valence-electron chi connectivity index (χ2n) is 4.84. The Morgan fingerprint density at radius 1 is 1.17 bits per heavy atom.